The molecule has 0 aromatic carbocycles. The fourth-order valence-corrected chi connectivity index (χ4v) is 3.36. The van der Waals surface area contributed by atoms with E-state index in [1.165, 1.54) is 43.6 Å². The summed E-state index contributed by atoms with van der Waals surface area (Å²) in [5.74, 6) is 0.520. The Morgan fingerprint density at radius 1 is 1.32 bits per heavy atom. The molecule has 5 nitrogen and oxygen atoms in total. The van der Waals surface area contributed by atoms with Crippen LogP contribution in [-0.2, 0) is 19.8 Å². The molecule has 0 amide bonds. The first-order chi connectivity index (χ1) is 11.3. The maximum absolute atomic E-state index is 13.0. The number of rotatable bonds is 5. The lowest BCUT2D eigenvalue weighted by Crippen LogP contribution is -2.42. The van der Waals surface area contributed by atoms with Crippen molar-refractivity contribution in [1.29, 1.82) is 0 Å². The molecule has 2 N–H and O–H groups in total. The first-order valence-electron chi connectivity index (χ1n) is 8.34. The van der Waals surface area contributed by atoms with E-state index in [0.717, 1.165) is 13.0 Å². The van der Waals surface area contributed by atoms with Gasteiger partial charge in [0.25, 0.3) is 0 Å². The summed E-state index contributed by atoms with van der Waals surface area (Å²) in [4.78, 5) is 4.11. The van der Waals surface area contributed by atoms with Gasteiger partial charge in [0.1, 0.15) is 0 Å². The molecule has 1 aromatic rings. The molecule has 0 unspecified atom stereocenters. The number of nitrogens with one attached hydrogen (secondary N) is 2. The molecule has 1 aliphatic carbocycles. The minimum atomic E-state index is -4.45. The average molecular weight is 473 g/mol. The van der Waals surface area contributed by atoms with Crippen molar-refractivity contribution in [2.24, 2.45) is 17.5 Å². The lowest BCUT2D eigenvalue weighted by Gasteiger charge is -2.28. The van der Waals surface area contributed by atoms with Crippen LogP contribution >= 0.6 is 24.0 Å². The molecule has 1 fully saturated rings. The van der Waals surface area contributed by atoms with E-state index in [2.05, 4.69) is 27.6 Å². The van der Waals surface area contributed by atoms with Crippen molar-refractivity contribution in [2.75, 3.05) is 13.6 Å². The maximum atomic E-state index is 13.0. The van der Waals surface area contributed by atoms with E-state index in [1.807, 2.05) is 0 Å². The highest BCUT2D eigenvalue weighted by atomic mass is 127. The number of aromatic nitrogens is 2. The third-order valence-electron chi connectivity index (χ3n) is 4.89. The Kier molecular flexibility index (Phi) is 8.01. The molecule has 1 saturated carbocycles. The highest BCUT2D eigenvalue weighted by Gasteiger charge is 2.37. The maximum Gasteiger partial charge on any atom is 0.435 e. The molecule has 0 saturated heterocycles. The summed E-state index contributed by atoms with van der Waals surface area (Å²) in [6.45, 7) is 3.01. The van der Waals surface area contributed by atoms with Gasteiger partial charge in [0.05, 0.1) is 0 Å². The quantitative estimate of drug-likeness (QED) is 0.390. The van der Waals surface area contributed by atoms with Gasteiger partial charge in [-0.05, 0) is 24.7 Å². The monoisotopic (exact) mass is 473 g/mol. The van der Waals surface area contributed by atoms with Crippen LogP contribution in [0.3, 0.4) is 0 Å². The normalized spacial score (nSPS) is 17.3. The minimum Gasteiger partial charge on any atom is -0.356 e. The third-order valence-corrected chi connectivity index (χ3v) is 4.89. The van der Waals surface area contributed by atoms with Crippen LogP contribution < -0.4 is 10.6 Å². The molecule has 1 aliphatic rings. The van der Waals surface area contributed by atoms with Crippen molar-refractivity contribution in [2.45, 2.75) is 51.7 Å². The minimum absolute atomic E-state index is 0. The highest BCUT2D eigenvalue weighted by molar-refractivity contribution is 14.0. The van der Waals surface area contributed by atoms with Crippen molar-refractivity contribution in [3.63, 3.8) is 0 Å². The van der Waals surface area contributed by atoms with Crippen molar-refractivity contribution in [3.05, 3.63) is 17.5 Å². The van der Waals surface area contributed by atoms with Gasteiger partial charge in [0.15, 0.2) is 11.7 Å². The number of guanidine groups is 1. The number of nitrogens with zero attached hydrogens (tertiary/aromatic N) is 3. The van der Waals surface area contributed by atoms with Crippen molar-refractivity contribution in [1.82, 2.24) is 20.4 Å². The van der Waals surface area contributed by atoms with Crippen molar-refractivity contribution in [3.8, 4) is 0 Å². The Balaban J connectivity index is 0.00000312. The van der Waals surface area contributed by atoms with Crippen LogP contribution in [0.1, 0.15) is 50.3 Å². The van der Waals surface area contributed by atoms with Crippen LogP contribution in [0.2, 0.25) is 0 Å². The highest BCUT2D eigenvalue weighted by Crippen LogP contribution is 2.40. The van der Waals surface area contributed by atoms with Crippen LogP contribution in [0.5, 0.6) is 0 Å². The van der Waals surface area contributed by atoms with Crippen molar-refractivity contribution < 1.29 is 13.2 Å². The van der Waals surface area contributed by atoms with Crippen LogP contribution in [0.15, 0.2) is 11.2 Å². The summed E-state index contributed by atoms with van der Waals surface area (Å²) in [6, 6.07) is 0. The molecule has 25 heavy (non-hydrogen) atoms. The third kappa shape index (κ3) is 5.75. The van der Waals surface area contributed by atoms with E-state index in [0.29, 0.717) is 5.96 Å². The van der Waals surface area contributed by atoms with Crippen LogP contribution in [-0.4, -0.2) is 29.3 Å². The Bertz CT molecular complexity index is 577. The molecule has 0 bridgehead atoms. The van der Waals surface area contributed by atoms with Gasteiger partial charge in [-0.25, -0.2) is 0 Å². The zero-order valence-corrected chi connectivity index (χ0v) is 17.2. The number of alkyl halides is 3. The predicted octanol–water partition coefficient (Wildman–Crippen LogP) is 3.69. The van der Waals surface area contributed by atoms with Gasteiger partial charge in [0, 0.05) is 38.9 Å². The van der Waals surface area contributed by atoms with E-state index in [9.17, 15) is 13.2 Å². The molecular weight excluding hydrogens is 446 g/mol. The summed E-state index contributed by atoms with van der Waals surface area (Å²) in [6.07, 6.45) is 2.89. The SMILES string of the molecule is CCC1(CNC(=NC)NCc2cn(C)nc2C(F)(F)F)CCCC1.I. The molecular formula is C16H27F3IN5. The summed E-state index contributed by atoms with van der Waals surface area (Å²) >= 11 is 0. The molecule has 9 heteroatoms. The summed E-state index contributed by atoms with van der Waals surface area (Å²) < 4.78 is 40.1. The lowest BCUT2D eigenvalue weighted by molar-refractivity contribution is -0.142. The molecule has 2 rings (SSSR count). The second-order valence-corrected chi connectivity index (χ2v) is 6.51. The van der Waals surface area contributed by atoms with E-state index in [4.69, 9.17) is 0 Å². The number of aliphatic imine (C=N–C) groups is 1. The van der Waals surface area contributed by atoms with Gasteiger partial charge in [-0.3, -0.25) is 9.67 Å². The first-order valence-corrected chi connectivity index (χ1v) is 8.34. The van der Waals surface area contributed by atoms with Crippen LogP contribution in [0.4, 0.5) is 13.2 Å². The van der Waals surface area contributed by atoms with Crippen molar-refractivity contribution >= 4 is 29.9 Å². The van der Waals surface area contributed by atoms with Gasteiger partial charge in [-0.2, -0.15) is 18.3 Å². The standard InChI is InChI=1S/C16H26F3N5.HI/c1-4-15(7-5-6-8-15)11-22-14(20-2)21-9-12-10-24(3)23-13(12)16(17,18)19;/h10H,4-9,11H2,1-3H3,(H2,20,21,22);1H. The lowest BCUT2D eigenvalue weighted by atomic mass is 9.83. The summed E-state index contributed by atoms with van der Waals surface area (Å²) in [7, 11) is 3.10. The second-order valence-electron chi connectivity index (χ2n) is 6.51. The topological polar surface area (TPSA) is 54.2 Å². The fourth-order valence-electron chi connectivity index (χ4n) is 3.36. The van der Waals surface area contributed by atoms with Gasteiger partial charge >= 0.3 is 6.18 Å². The second kappa shape index (κ2) is 9.09. The van der Waals surface area contributed by atoms with Gasteiger partial charge in [-0.15, -0.1) is 24.0 Å². The summed E-state index contributed by atoms with van der Waals surface area (Å²) in [5, 5.41) is 9.74. The molecule has 0 atom stereocenters. The van der Waals surface area contributed by atoms with Gasteiger partial charge in [0.2, 0.25) is 0 Å². The first kappa shape index (κ1) is 22.0. The largest absolute Gasteiger partial charge is 0.435 e. The van der Waals surface area contributed by atoms with E-state index >= 15 is 0 Å². The van der Waals surface area contributed by atoms with E-state index in [1.54, 1.807) is 7.05 Å². The molecule has 0 aliphatic heterocycles. The van der Waals surface area contributed by atoms with Crippen LogP contribution in [0.25, 0.3) is 0 Å². The number of hydrogen-bond donors (Lipinski definition) is 2. The Morgan fingerprint density at radius 2 is 1.96 bits per heavy atom. The smallest absolute Gasteiger partial charge is 0.356 e. The average Bonchev–Trinajstić information content (AvgIpc) is 3.14. The fraction of sp³-hybridized carbons (Fsp3) is 0.750. The molecule has 1 heterocycles. The zero-order chi connectivity index (χ0) is 17.8. The molecule has 1 aromatic heterocycles. The zero-order valence-electron chi connectivity index (χ0n) is 14.9. The van der Waals surface area contributed by atoms with Gasteiger partial charge in [-0.1, -0.05) is 19.8 Å². The number of aryl methyl sites for hydroxylation is 1. The molecule has 0 spiro atoms. The predicted molar refractivity (Wildman–Crippen MR) is 103 cm³/mol. The van der Waals surface area contributed by atoms with E-state index in [-0.39, 0.29) is 41.5 Å². The van der Waals surface area contributed by atoms with Crippen LogP contribution in [0, 0.1) is 5.41 Å². The van der Waals surface area contributed by atoms with E-state index < -0.39 is 11.9 Å². The summed E-state index contributed by atoms with van der Waals surface area (Å²) in [5.41, 5.74) is -0.462. The molecule has 0 radical (unpaired) electrons. The number of hydrogen-bond acceptors (Lipinski definition) is 2. The Morgan fingerprint density at radius 3 is 2.48 bits per heavy atom. The molecule has 144 valence electrons. The van der Waals surface area contributed by atoms with Gasteiger partial charge < -0.3 is 10.6 Å². The number of halogens is 4. The Labute approximate surface area is 163 Å². The Hall–Kier alpha value is -1.00.